The first-order valence-electron chi connectivity index (χ1n) is 5.74. The average molecular weight is 312 g/mol. The lowest BCUT2D eigenvalue weighted by atomic mass is 9.90. The lowest BCUT2D eigenvalue weighted by Crippen LogP contribution is -2.41. The molecule has 1 unspecified atom stereocenters. The Morgan fingerprint density at radius 1 is 1.50 bits per heavy atom. The van der Waals surface area contributed by atoms with Crippen LogP contribution >= 0.6 is 15.9 Å². The van der Waals surface area contributed by atoms with Gasteiger partial charge in [-0.25, -0.2) is 0 Å². The summed E-state index contributed by atoms with van der Waals surface area (Å²) < 4.78 is 0.772. The molecule has 0 aliphatic carbocycles. The van der Waals surface area contributed by atoms with E-state index in [1.807, 2.05) is 13.0 Å². The van der Waals surface area contributed by atoms with E-state index in [2.05, 4.69) is 15.9 Å². The van der Waals surface area contributed by atoms with Crippen molar-refractivity contribution in [1.29, 1.82) is 0 Å². The minimum Gasteiger partial charge on any atom is -0.375 e. The maximum atomic E-state index is 12.3. The second-order valence-electron chi connectivity index (χ2n) is 4.45. The molecule has 18 heavy (non-hydrogen) atoms. The van der Waals surface area contributed by atoms with Gasteiger partial charge in [-0.3, -0.25) is 9.59 Å². The number of fused-ring (bicyclic) bond motifs is 1. The Morgan fingerprint density at radius 3 is 2.72 bits per heavy atom. The quantitative estimate of drug-likeness (QED) is 0.928. The van der Waals surface area contributed by atoms with Gasteiger partial charge >= 0.3 is 0 Å². The normalized spacial score (nSPS) is 22.2. The largest absolute Gasteiger partial charge is 0.375 e. The fourth-order valence-corrected chi connectivity index (χ4v) is 2.73. The van der Waals surface area contributed by atoms with Crippen LogP contribution in [0.1, 0.15) is 25.8 Å². The lowest BCUT2D eigenvalue weighted by Gasteiger charge is -2.21. The van der Waals surface area contributed by atoms with Crippen molar-refractivity contribution in [3.8, 4) is 0 Å². The molecule has 0 saturated heterocycles. The molecule has 5 heteroatoms. The third-order valence-electron chi connectivity index (χ3n) is 3.11. The number of carbonyl (C=O) groups is 2. The van der Waals surface area contributed by atoms with Crippen LogP contribution in [0, 0.1) is 0 Å². The number of hydrogen-bond donors (Lipinski definition) is 1. The van der Waals surface area contributed by atoms with Crippen LogP contribution in [0.25, 0.3) is 0 Å². The molecule has 2 rings (SSSR count). The number of amides is 1. The number of carbonyl (C=O) groups excluding carboxylic acids is 2. The highest BCUT2D eigenvalue weighted by Gasteiger charge is 2.49. The van der Waals surface area contributed by atoms with Gasteiger partial charge in [0.1, 0.15) is 5.78 Å². The highest BCUT2D eigenvalue weighted by atomic mass is 79.9. The van der Waals surface area contributed by atoms with Crippen LogP contribution in [0.4, 0.5) is 5.69 Å². The van der Waals surface area contributed by atoms with E-state index in [0.717, 1.165) is 4.47 Å². The number of nitrogens with zero attached hydrogens (tertiary/aromatic N) is 1. The second kappa shape index (κ2) is 4.48. The molecule has 0 radical (unpaired) electrons. The number of aliphatic hydroxyl groups is 1. The summed E-state index contributed by atoms with van der Waals surface area (Å²) in [5.41, 5.74) is -0.547. The van der Waals surface area contributed by atoms with Crippen LogP contribution in [-0.2, 0) is 15.2 Å². The minimum absolute atomic E-state index is 0.189. The smallest absolute Gasteiger partial charge is 0.264 e. The predicted octanol–water partition coefficient (Wildman–Crippen LogP) is 1.98. The Kier molecular flexibility index (Phi) is 3.29. The Labute approximate surface area is 114 Å². The van der Waals surface area contributed by atoms with E-state index < -0.39 is 11.5 Å². The summed E-state index contributed by atoms with van der Waals surface area (Å²) >= 11 is 3.32. The molecule has 1 amide bonds. The van der Waals surface area contributed by atoms with Crippen molar-refractivity contribution < 1.29 is 14.7 Å². The van der Waals surface area contributed by atoms with Gasteiger partial charge in [0.25, 0.3) is 5.91 Å². The number of rotatable bonds is 3. The molecule has 1 aliphatic heterocycles. The fraction of sp³-hybridized carbons (Fsp3) is 0.385. The van der Waals surface area contributed by atoms with E-state index in [0.29, 0.717) is 17.8 Å². The number of anilines is 1. The van der Waals surface area contributed by atoms with Gasteiger partial charge in [0.15, 0.2) is 5.60 Å². The molecule has 1 atom stereocenters. The number of benzene rings is 1. The molecule has 4 nitrogen and oxygen atoms in total. The molecule has 0 saturated carbocycles. The highest BCUT2D eigenvalue weighted by Crippen LogP contribution is 2.43. The Hall–Kier alpha value is -1.20. The fourth-order valence-electron chi connectivity index (χ4n) is 2.37. The third-order valence-corrected chi connectivity index (χ3v) is 3.61. The van der Waals surface area contributed by atoms with Gasteiger partial charge in [-0.15, -0.1) is 0 Å². The zero-order chi connectivity index (χ0) is 13.5. The van der Waals surface area contributed by atoms with Crippen molar-refractivity contribution >= 4 is 33.3 Å². The van der Waals surface area contributed by atoms with Crippen molar-refractivity contribution in [1.82, 2.24) is 0 Å². The summed E-state index contributed by atoms with van der Waals surface area (Å²) in [6.07, 6.45) is -0.189. The van der Waals surface area contributed by atoms with Crippen LogP contribution in [0.15, 0.2) is 22.7 Å². The molecule has 1 aromatic rings. The average Bonchev–Trinajstić information content (AvgIpc) is 2.48. The molecule has 0 fully saturated rings. The first-order valence-corrected chi connectivity index (χ1v) is 6.53. The van der Waals surface area contributed by atoms with Crippen molar-refractivity contribution in [2.24, 2.45) is 0 Å². The molecule has 0 spiro atoms. The van der Waals surface area contributed by atoms with Gasteiger partial charge in [0.2, 0.25) is 0 Å². The molecule has 0 aromatic heterocycles. The number of likely N-dealkylation sites (N-methyl/N-ethyl adjacent to an activating group) is 1. The molecule has 1 aliphatic rings. The van der Waals surface area contributed by atoms with Crippen LogP contribution in [0.2, 0.25) is 0 Å². The number of hydrogen-bond acceptors (Lipinski definition) is 3. The molecule has 1 aromatic carbocycles. The van der Waals surface area contributed by atoms with Gasteiger partial charge in [-0.05, 0) is 32.0 Å². The summed E-state index contributed by atoms with van der Waals surface area (Å²) in [5.74, 6) is -0.636. The zero-order valence-corrected chi connectivity index (χ0v) is 11.8. The van der Waals surface area contributed by atoms with Crippen molar-refractivity contribution in [3.05, 3.63) is 28.2 Å². The molecular formula is C13H14BrNO3. The third kappa shape index (κ3) is 1.87. The SMILES string of the molecule is CCN1C(=O)C(O)(CC(C)=O)c2cc(Br)ccc21. The van der Waals surface area contributed by atoms with E-state index >= 15 is 0 Å². The summed E-state index contributed by atoms with van der Waals surface area (Å²) in [7, 11) is 0. The second-order valence-corrected chi connectivity index (χ2v) is 5.37. The van der Waals surface area contributed by atoms with Gasteiger partial charge in [-0.2, -0.15) is 0 Å². The van der Waals surface area contributed by atoms with E-state index in [1.165, 1.54) is 11.8 Å². The molecule has 1 N–H and O–H groups in total. The van der Waals surface area contributed by atoms with Crippen molar-refractivity contribution in [2.75, 3.05) is 11.4 Å². The summed E-state index contributed by atoms with van der Waals surface area (Å²) in [4.78, 5) is 25.1. The van der Waals surface area contributed by atoms with Crippen LogP contribution in [0.3, 0.4) is 0 Å². The van der Waals surface area contributed by atoms with Gasteiger partial charge < -0.3 is 10.0 Å². The topological polar surface area (TPSA) is 57.6 Å². The van der Waals surface area contributed by atoms with Gasteiger partial charge in [0, 0.05) is 23.0 Å². The van der Waals surface area contributed by atoms with Crippen LogP contribution in [0.5, 0.6) is 0 Å². The summed E-state index contributed by atoms with van der Waals surface area (Å²) in [6, 6.07) is 5.29. The van der Waals surface area contributed by atoms with E-state index in [-0.39, 0.29) is 12.2 Å². The molecule has 0 bridgehead atoms. The Morgan fingerprint density at radius 2 is 2.17 bits per heavy atom. The summed E-state index contributed by atoms with van der Waals surface area (Å²) in [5, 5.41) is 10.6. The molecular weight excluding hydrogens is 298 g/mol. The van der Waals surface area contributed by atoms with Crippen molar-refractivity contribution in [2.45, 2.75) is 25.9 Å². The van der Waals surface area contributed by atoms with Gasteiger partial charge in [-0.1, -0.05) is 15.9 Å². The molecule has 96 valence electrons. The predicted molar refractivity (Wildman–Crippen MR) is 71.4 cm³/mol. The Balaban J connectivity index is 2.60. The lowest BCUT2D eigenvalue weighted by molar-refractivity contribution is -0.141. The maximum Gasteiger partial charge on any atom is 0.264 e. The van der Waals surface area contributed by atoms with E-state index in [9.17, 15) is 14.7 Å². The van der Waals surface area contributed by atoms with E-state index in [4.69, 9.17) is 0 Å². The zero-order valence-electron chi connectivity index (χ0n) is 10.2. The Bertz CT molecular complexity index is 529. The number of Topliss-reactive ketones (excluding diaryl/α,β-unsaturated/α-hetero) is 1. The number of ketones is 1. The van der Waals surface area contributed by atoms with Crippen molar-refractivity contribution in [3.63, 3.8) is 0 Å². The van der Waals surface area contributed by atoms with E-state index in [1.54, 1.807) is 12.1 Å². The monoisotopic (exact) mass is 311 g/mol. The number of halogens is 1. The first-order chi connectivity index (χ1) is 8.40. The van der Waals surface area contributed by atoms with Gasteiger partial charge in [0.05, 0.1) is 5.69 Å². The first kappa shape index (κ1) is 13.2. The minimum atomic E-state index is -1.72. The molecule has 1 heterocycles. The maximum absolute atomic E-state index is 12.3. The standard InChI is InChI=1S/C13H14BrNO3/c1-3-15-11-5-4-9(14)6-10(11)13(18,12(15)17)7-8(2)16/h4-6,18H,3,7H2,1-2H3. The van der Waals surface area contributed by atoms with Crippen LogP contribution in [-0.4, -0.2) is 23.3 Å². The highest BCUT2D eigenvalue weighted by molar-refractivity contribution is 9.10. The summed E-state index contributed by atoms with van der Waals surface area (Å²) in [6.45, 7) is 3.68. The van der Waals surface area contributed by atoms with Crippen LogP contribution < -0.4 is 4.90 Å².